The average molecular weight is 224 g/mol. The van der Waals surface area contributed by atoms with Gasteiger partial charge < -0.3 is 4.74 Å². The summed E-state index contributed by atoms with van der Waals surface area (Å²) in [7, 11) is -2.58. The molecule has 0 spiro atoms. The lowest BCUT2D eigenvalue weighted by atomic mass is 10.5. The van der Waals surface area contributed by atoms with Gasteiger partial charge in [-0.25, -0.2) is 9.68 Å². The van der Waals surface area contributed by atoms with Gasteiger partial charge in [-0.1, -0.05) is 6.58 Å². The third-order valence-electron chi connectivity index (χ3n) is 1.12. The topological polar surface area (TPSA) is 78.9 Å². The van der Waals surface area contributed by atoms with E-state index < -0.39 is 16.1 Å². The smallest absolute Gasteiger partial charge is 0.330 e. The molecule has 0 atom stereocenters. The van der Waals surface area contributed by atoms with Gasteiger partial charge in [0, 0.05) is 6.08 Å². The molecule has 0 saturated heterocycles. The molecule has 0 bridgehead atoms. The average Bonchev–Trinajstić information content (AvgIpc) is 2.12. The first-order valence-corrected chi connectivity index (χ1v) is 5.33. The van der Waals surface area contributed by atoms with Gasteiger partial charge in [0.15, 0.2) is 0 Å². The molecule has 0 aromatic carbocycles. The summed E-state index contributed by atoms with van der Waals surface area (Å²) in [4.78, 5) is 14.5. The van der Waals surface area contributed by atoms with Crippen molar-refractivity contribution >= 4 is 16.1 Å². The molecule has 0 aliphatic carbocycles. The Bertz CT molecular complexity index is 281. The van der Waals surface area contributed by atoms with Gasteiger partial charge in [-0.05, 0) is 6.42 Å². The molecule has 0 heterocycles. The lowest BCUT2D eigenvalue weighted by Gasteiger charge is -2.02. The van der Waals surface area contributed by atoms with Crippen LogP contribution in [0.15, 0.2) is 12.7 Å². The molecule has 7 heteroatoms. The van der Waals surface area contributed by atoms with Gasteiger partial charge in [0.05, 0.1) is 19.5 Å². The largest absolute Gasteiger partial charge is 0.463 e. The molecule has 0 saturated carbocycles. The third-order valence-corrected chi connectivity index (χ3v) is 2.25. The zero-order chi connectivity index (χ0) is 11.0. The normalized spacial score (nSPS) is 10.9. The second-order valence-corrected chi connectivity index (χ2v) is 3.88. The van der Waals surface area contributed by atoms with Crippen molar-refractivity contribution in [2.45, 2.75) is 6.42 Å². The Kier molecular flexibility index (Phi) is 6.09. The predicted octanol–water partition coefficient (Wildman–Crippen LogP) is 0.0135. The van der Waals surface area contributed by atoms with Crippen LogP contribution in [-0.2, 0) is 28.9 Å². The van der Waals surface area contributed by atoms with Crippen LogP contribution in [0.5, 0.6) is 0 Å². The maximum Gasteiger partial charge on any atom is 0.330 e. The Labute approximate surface area is 82.5 Å². The summed E-state index contributed by atoms with van der Waals surface area (Å²) in [5.41, 5.74) is 0. The van der Waals surface area contributed by atoms with Crippen molar-refractivity contribution in [2.24, 2.45) is 0 Å². The molecule has 0 aliphatic heterocycles. The molecule has 0 aliphatic rings. The molecular formula is C7H12O6S. The number of carbonyl (C=O) groups excluding carboxylic acids is 1. The van der Waals surface area contributed by atoms with Crippen molar-refractivity contribution in [3.05, 3.63) is 12.7 Å². The number of carbonyl (C=O) groups is 1. The summed E-state index contributed by atoms with van der Waals surface area (Å²) >= 11 is 0. The molecule has 0 N–H and O–H groups in total. The summed E-state index contributed by atoms with van der Waals surface area (Å²) < 4.78 is 30.2. The summed E-state index contributed by atoms with van der Waals surface area (Å²) in [6.45, 7) is 3.18. The minimum absolute atomic E-state index is 0.00282. The lowest BCUT2D eigenvalue weighted by molar-refractivity contribution is -0.172. The molecule has 0 fully saturated rings. The SMILES string of the molecule is C=CC(=O)OCCCS(=O)(=O)OOC. The number of esters is 1. The molecule has 0 aromatic heterocycles. The van der Waals surface area contributed by atoms with Crippen LogP contribution in [-0.4, -0.2) is 33.9 Å². The van der Waals surface area contributed by atoms with Gasteiger partial charge in [-0.2, -0.15) is 8.42 Å². The summed E-state index contributed by atoms with van der Waals surface area (Å²) in [6, 6.07) is 0. The van der Waals surface area contributed by atoms with Gasteiger partial charge in [0.2, 0.25) is 0 Å². The fourth-order valence-corrected chi connectivity index (χ4v) is 1.35. The molecule has 0 radical (unpaired) electrons. The van der Waals surface area contributed by atoms with Gasteiger partial charge in [-0.15, -0.1) is 4.33 Å². The third kappa shape index (κ3) is 6.58. The first-order chi connectivity index (χ1) is 6.52. The molecule has 0 unspecified atom stereocenters. The van der Waals surface area contributed by atoms with Crippen LogP contribution >= 0.6 is 0 Å². The van der Waals surface area contributed by atoms with Crippen LogP contribution in [0.1, 0.15) is 6.42 Å². The van der Waals surface area contributed by atoms with E-state index in [9.17, 15) is 13.2 Å². The minimum Gasteiger partial charge on any atom is -0.463 e. The van der Waals surface area contributed by atoms with E-state index >= 15 is 0 Å². The van der Waals surface area contributed by atoms with Gasteiger partial charge in [0.1, 0.15) is 0 Å². The summed E-state index contributed by atoms with van der Waals surface area (Å²) in [6.07, 6.45) is 1.14. The quantitative estimate of drug-likeness (QED) is 0.199. The fourth-order valence-electron chi connectivity index (χ4n) is 0.605. The highest BCUT2D eigenvalue weighted by Gasteiger charge is 2.11. The van der Waals surface area contributed by atoms with Crippen LogP contribution in [0, 0.1) is 0 Å². The van der Waals surface area contributed by atoms with Crippen LogP contribution in [0.25, 0.3) is 0 Å². The Morgan fingerprint density at radius 1 is 1.50 bits per heavy atom. The standard InChI is InChI=1S/C7H12O6S/c1-3-7(8)12-5-4-6-14(9,10)13-11-2/h3H,1,4-6H2,2H3. The molecule has 0 rings (SSSR count). The summed E-state index contributed by atoms with van der Waals surface area (Å²) in [5.74, 6) is -0.860. The first-order valence-electron chi connectivity index (χ1n) is 3.76. The molecule has 0 amide bonds. The maximum absolute atomic E-state index is 10.8. The monoisotopic (exact) mass is 224 g/mol. The summed E-state index contributed by atoms with van der Waals surface area (Å²) in [5, 5.41) is 0. The Hall–Kier alpha value is -0.920. The highest BCUT2D eigenvalue weighted by molar-refractivity contribution is 7.86. The van der Waals surface area contributed by atoms with E-state index in [-0.39, 0.29) is 18.8 Å². The van der Waals surface area contributed by atoms with E-state index in [0.717, 1.165) is 13.2 Å². The Morgan fingerprint density at radius 2 is 2.14 bits per heavy atom. The molecule has 6 nitrogen and oxygen atoms in total. The first kappa shape index (κ1) is 13.1. The Balaban J connectivity index is 3.64. The maximum atomic E-state index is 10.8. The minimum atomic E-state index is -3.68. The Morgan fingerprint density at radius 3 is 2.64 bits per heavy atom. The second kappa shape index (κ2) is 6.52. The number of ether oxygens (including phenoxy) is 1. The van der Waals surface area contributed by atoms with E-state index in [2.05, 4.69) is 20.5 Å². The molecule has 0 aromatic rings. The molecule has 14 heavy (non-hydrogen) atoms. The zero-order valence-electron chi connectivity index (χ0n) is 7.76. The van der Waals surface area contributed by atoms with E-state index in [1.165, 1.54) is 0 Å². The van der Waals surface area contributed by atoms with Crippen molar-refractivity contribution < 1.29 is 27.2 Å². The van der Waals surface area contributed by atoms with E-state index in [1.54, 1.807) is 0 Å². The highest BCUT2D eigenvalue weighted by atomic mass is 32.2. The predicted molar refractivity (Wildman–Crippen MR) is 47.7 cm³/mol. The van der Waals surface area contributed by atoms with Crippen LogP contribution in [0.3, 0.4) is 0 Å². The number of hydrogen-bond acceptors (Lipinski definition) is 6. The van der Waals surface area contributed by atoms with Crippen molar-refractivity contribution in [2.75, 3.05) is 19.5 Å². The molecular weight excluding hydrogens is 212 g/mol. The van der Waals surface area contributed by atoms with E-state index in [0.29, 0.717) is 0 Å². The van der Waals surface area contributed by atoms with E-state index in [4.69, 9.17) is 0 Å². The fraction of sp³-hybridized carbons (Fsp3) is 0.571. The van der Waals surface area contributed by atoms with Crippen molar-refractivity contribution in [3.63, 3.8) is 0 Å². The van der Waals surface area contributed by atoms with Crippen LogP contribution < -0.4 is 0 Å². The van der Waals surface area contributed by atoms with Gasteiger partial charge >= 0.3 is 5.97 Å². The number of rotatable bonds is 7. The van der Waals surface area contributed by atoms with Crippen LogP contribution in [0.4, 0.5) is 0 Å². The lowest BCUT2D eigenvalue weighted by Crippen LogP contribution is -2.13. The van der Waals surface area contributed by atoms with Gasteiger partial charge in [-0.3, -0.25) is 0 Å². The van der Waals surface area contributed by atoms with Crippen molar-refractivity contribution in [1.29, 1.82) is 0 Å². The van der Waals surface area contributed by atoms with Crippen molar-refractivity contribution in [1.82, 2.24) is 0 Å². The van der Waals surface area contributed by atoms with Gasteiger partial charge in [0.25, 0.3) is 10.1 Å². The van der Waals surface area contributed by atoms with Crippen LogP contribution in [0.2, 0.25) is 0 Å². The highest BCUT2D eigenvalue weighted by Crippen LogP contribution is 1.97. The molecule has 82 valence electrons. The number of hydrogen-bond donors (Lipinski definition) is 0. The van der Waals surface area contributed by atoms with Crippen molar-refractivity contribution in [3.8, 4) is 0 Å². The second-order valence-electron chi connectivity index (χ2n) is 2.22. The zero-order valence-corrected chi connectivity index (χ0v) is 8.58. The van der Waals surface area contributed by atoms with E-state index in [1.807, 2.05) is 0 Å².